The number of nitrogens with zero attached hydrogens (tertiary/aromatic N) is 3. The highest BCUT2D eigenvalue weighted by Gasteiger charge is 2.12. The topological polar surface area (TPSA) is 142 Å². The number of hydrogen-bond donors (Lipinski definition) is 4. The van der Waals surface area contributed by atoms with E-state index < -0.39 is 0 Å². The monoisotopic (exact) mass is 489 g/mol. The van der Waals surface area contributed by atoms with E-state index in [1.54, 1.807) is 31.2 Å². The van der Waals surface area contributed by atoms with Crippen LogP contribution in [-0.2, 0) is 11.3 Å². The van der Waals surface area contributed by atoms with Gasteiger partial charge in [-0.1, -0.05) is 23.4 Å². The molecule has 11 heteroatoms. The van der Waals surface area contributed by atoms with E-state index >= 15 is 0 Å². The molecule has 1 heterocycles. The first-order valence-corrected chi connectivity index (χ1v) is 11.4. The summed E-state index contributed by atoms with van der Waals surface area (Å²) in [7, 11) is 0. The molecular weight excluding hydrogens is 461 g/mol. The number of nitrogens with two attached hydrogens (primary N) is 1. The van der Waals surface area contributed by atoms with Crippen molar-refractivity contribution in [1.29, 1.82) is 5.41 Å². The van der Waals surface area contributed by atoms with E-state index in [9.17, 15) is 9.18 Å². The number of aliphatic imine (C=N–C) groups is 2. The van der Waals surface area contributed by atoms with Gasteiger partial charge in [0.25, 0.3) is 0 Å². The van der Waals surface area contributed by atoms with Crippen molar-refractivity contribution in [2.45, 2.75) is 32.7 Å². The van der Waals surface area contributed by atoms with Crippen LogP contribution in [0.1, 0.15) is 37.4 Å². The molecule has 5 N–H and O–H groups in total. The Morgan fingerprint density at radius 2 is 2.09 bits per heavy atom. The highest BCUT2D eigenvalue weighted by molar-refractivity contribution is 6.47. The van der Waals surface area contributed by atoms with Gasteiger partial charge in [0, 0.05) is 37.0 Å². The lowest BCUT2D eigenvalue weighted by Crippen LogP contribution is -2.34. The molecule has 0 saturated carbocycles. The fraction of sp³-hybridized carbons (Fsp3) is 0.348. The fourth-order valence-electron chi connectivity index (χ4n) is 2.77. The van der Waals surface area contributed by atoms with Gasteiger partial charge in [-0.3, -0.25) is 15.2 Å². The number of benzene rings is 1. The number of amidine groups is 2. The number of carbonyl (C=O) groups excluding carboxylic acids is 1. The van der Waals surface area contributed by atoms with Crippen molar-refractivity contribution in [2.24, 2.45) is 15.7 Å². The maximum absolute atomic E-state index is 14.0. The van der Waals surface area contributed by atoms with E-state index in [1.165, 1.54) is 18.4 Å². The molecule has 9 nitrogen and oxygen atoms in total. The highest BCUT2D eigenvalue weighted by atomic mass is 35.5. The molecule has 0 spiro atoms. The fourth-order valence-corrected chi connectivity index (χ4v) is 2.96. The predicted molar refractivity (Wildman–Crippen MR) is 133 cm³/mol. The minimum Gasteiger partial charge on any atom is -0.386 e. The number of nitrogens with one attached hydrogen (secondary N) is 3. The minimum atomic E-state index is -0.347. The van der Waals surface area contributed by atoms with E-state index in [4.69, 9.17) is 27.3 Å². The summed E-state index contributed by atoms with van der Waals surface area (Å²) in [5.41, 5.74) is 7.22. The Morgan fingerprint density at radius 3 is 2.76 bits per heavy atom. The standard InChI is InChI=1S/C23H29ClFN7O2/c1-2-28-23(31-21(27)15-30-22(33)9-5-6-11-24)18(26)13-20(19-10-12-34-32-19)29-14-16-7-3-4-8-17(16)25/h3-4,7-8,10,12-13,26,29H,2,5-6,9,11,14-15H2,1H3,(H,30,33)(H2,27,28,31)/b20-13-,26-18?. The van der Waals surface area contributed by atoms with Crippen molar-refractivity contribution >= 4 is 40.6 Å². The van der Waals surface area contributed by atoms with Gasteiger partial charge < -0.3 is 20.9 Å². The van der Waals surface area contributed by atoms with Crippen LogP contribution in [0.5, 0.6) is 0 Å². The second-order valence-corrected chi connectivity index (χ2v) is 7.50. The number of amides is 1. The summed E-state index contributed by atoms with van der Waals surface area (Å²) in [6, 6.07) is 8.00. The highest BCUT2D eigenvalue weighted by Crippen LogP contribution is 2.13. The summed E-state index contributed by atoms with van der Waals surface area (Å²) in [6.07, 6.45) is 4.66. The van der Waals surface area contributed by atoms with E-state index in [2.05, 4.69) is 25.8 Å². The lowest BCUT2D eigenvalue weighted by Gasteiger charge is -2.10. The van der Waals surface area contributed by atoms with Gasteiger partial charge in [-0.15, -0.1) is 11.6 Å². The first kappa shape index (κ1) is 26.7. The molecule has 2 rings (SSSR count). The molecule has 1 aromatic carbocycles. The van der Waals surface area contributed by atoms with Gasteiger partial charge in [0.2, 0.25) is 5.91 Å². The van der Waals surface area contributed by atoms with Gasteiger partial charge in [-0.25, -0.2) is 9.38 Å². The van der Waals surface area contributed by atoms with Crippen LogP contribution in [0.4, 0.5) is 4.39 Å². The van der Waals surface area contributed by atoms with Gasteiger partial charge in [0.15, 0.2) is 5.84 Å². The van der Waals surface area contributed by atoms with Crippen LogP contribution in [-0.4, -0.2) is 47.4 Å². The minimum absolute atomic E-state index is 0.0289. The zero-order chi connectivity index (χ0) is 24.8. The number of unbranched alkanes of at least 4 members (excludes halogenated alkanes) is 1. The van der Waals surface area contributed by atoms with Crippen molar-refractivity contribution in [3.8, 4) is 0 Å². The summed E-state index contributed by atoms with van der Waals surface area (Å²) < 4.78 is 18.9. The molecule has 1 aromatic heterocycles. The number of rotatable bonds is 13. The van der Waals surface area contributed by atoms with Gasteiger partial charge in [0.1, 0.15) is 29.3 Å². The Morgan fingerprint density at radius 1 is 1.29 bits per heavy atom. The number of alkyl halides is 1. The quantitative estimate of drug-likeness (QED) is 0.148. The molecular formula is C23H29ClFN7O2. The first-order valence-electron chi connectivity index (χ1n) is 10.8. The normalized spacial score (nSPS) is 12.5. The second-order valence-electron chi connectivity index (χ2n) is 7.13. The van der Waals surface area contributed by atoms with Crippen molar-refractivity contribution in [2.75, 3.05) is 19.0 Å². The number of halogens is 2. The molecule has 1 amide bonds. The number of hydrogen-bond acceptors (Lipinski definition) is 6. The SMILES string of the molecule is CC/N=C(\N=C(\N)CNC(=O)CCCCCl)C(=N)/C=C(\NCc1ccccc1F)c1ccon1. The van der Waals surface area contributed by atoms with Crippen molar-refractivity contribution in [3.63, 3.8) is 0 Å². The molecule has 182 valence electrons. The van der Waals surface area contributed by atoms with Crippen LogP contribution in [0.25, 0.3) is 5.70 Å². The maximum atomic E-state index is 14.0. The molecule has 0 atom stereocenters. The molecule has 0 saturated heterocycles. The largest absolute Gasteiger partial charge is 0.386 e. The van der Waals surface area contributed by atoms with Gasteiger partial charge in [0.05, 0.1) is 12.2 Å². The lowest BCUT2D eigenvalue weighted by atomic mass is 10.2. The van der Waals surface area contributed by atoms with Crippen LogP contribution in [0.3, 0.4) is 0 Å². The lowest BCUT2D eigenvalue weighted by molar-refractivity contribution is -0.120. The van der Waals surface area contributed by atoms with E-state index in [0.717, 1.165) is 6.42 Å². The third-order valence-corrected chi connectivity index (χ3v) is 4.75. The summed E-state index contributed by atoms with van der Waals surface area (Å²) in [5.74, 6) is 0.204. The van der Waals surface area contributed by atoms with Crippen LogP contribution in [0.15, 0.2) is 57.2 Å². The molecule has 2 aromatic rings. The summed E-state index contributed by atoms with van der Waals surface area (Å²) in [5, 5.41) is 18.2. The first-order chi connectivity index (χ1) is 16.4. The molecule has 0 aliphatic rings. The Hall–Kier alpha value is -3.53. The summed E-state index contributed by atoms with van der Waals surface area (Å²) in [4.78, 5) is 20.3. The average molecular weight is 490 g/mol. The third-order valence-electron chi connectivity index (χ3n) is 4.48. The van der Waals surface area contributed by atoms with Crippen molar-refractivity contribution in [3.05, 3.63) is 59.7 Å². The van der Waals surface area contributed by atoms with E-state index in [1.807, 2.05) is 0 Å². The summed E-state index contributed by atoms with van der Waals surface area (Å²) in [6.45, 7) is 2.37. The van der Waals surface area contributed by atoms with E-state index in [0.29, 0.717) is 42.2 Å². The Balaban J connectivity index is 2.13. The molecule has 0 aliphatic heterocycles. The van der Waals surface area contributed by atoms with E-state index in [-0.39, 0.29) is 42.2 Å². The average Bonchev–Trinajstić information content (AvgIpc) is 3.36. The molecule has 0 bridgehead atoms. The van der Waals surface area contributed by atoms with Crippen LogP contribution in [0.2, 0.25) is 0 Å². The van der Waals surface area contributed by atoms with Gasteiger partial charge in [-0.2, -0.15) is 0 Å². The number of carbonyl (C=O) groups is 1. The second kappa shape index (κ2) is 14.6. The Labute approximate surface area is 202 Å². The smallest absolute Gasteiger partial charge is 0.220 e. The Kier molecular flexibility index (Phi) is 11.5. The molecule has 0 radical (unpaired) electrons. The molecule has 34 heavy (non-hydrogen) atoms. The third kappa shape index (κ3) is 9.14. The molecule has 0 fully saturated rings. The van der Waals surface area contributed by atoms with Crippen LogP contribution in [0, 0.1) is 11.2 Å². The Bertz CT molecular complexity index is 1040. The molecule has 0 unspecified atom stereocenters. The van der Waals surface area contributed by atoms with Crippen molar-refractivity contribution in [1.82, 2.24) is 15.8 Å². The zero-order valence-electron chi connectivity index (χ0n) is 19.0. The number of aromatic nitrogens is 1. The predicted octanol–water partition coefficient (Wildman–Crippen LogP) is 3.27. The van der Waals surface area contributed by atoms with Crippen LogP contribution >= 0.6 is 11.6 Å². The maximum Gasteiger partial charge on any atom is 0.220 e. The van der Waals surface area contributed by atoms with Gasteiger partial charge >= 0.3 is 0 Å². The van der Waals surface area contributed by atoms with Crippen molar-refractivity contribution < 1.29 is 13.7 Å². The zero-order valence-corrected chi connectivity index (χ0v) is 19.7. The van der Waals surface area contributed by atoms with Gasteiger partial charge in [-0.05, 0) is 31.9 Å². The van der Waals surface area contributed by atoms with Crippen LogP contribution < -0.4 is 16.4 Å². The summed E-state index contributed by atoms with van der Waals surface area (Å²) >= 11 is 5.62. The molecule has 0 aliphatic carbocycles.